The molecule has 2 saturated heterocycles. The molecule has 2 aliphatic rings. The highest BCUT2D eigenvalue weighted by Crippen LogP contribution is 2.30. The van der Waals surface area contributed by atoms with Crippen molar-refractivity contribution in [3.05, 3.63) is 47.5 Å². The number of rotatable bonds is 3. The van der Waals surface area contributed by atoms with Gasteiger partial charge in [-0.1, -0.05) is 0 Å². The summed E-state index contributed by atoms with van der Waals surface area (Å²) in [4.78, 5) is 17.1. The van der Waals surface area contributed by atoms with Gasteiger partial charge in [0.05, 0.1) is 12.2 Å². The molecular weight excluding hydrogens is 423 g/mol. The van der Waals surface area contributed by atoms with Crippen molar-refractivity contribution in [2.75, 3.05) is 38.1 Å². The number of halogens is 1. The zero-order valence-electron chi connectivity index (χ0n) is 17.8. The molecule has 0 radical (unpaired) electrons. The molecule has 168 valence electrons. The van der Waals surface area contributed by atoms with E-state index in [2.05, 4.69) is 14.7 Å². The van der Waals surface area contributed by atoms with Crippen LogP contribution in [0, 0.1) is 12.7 Å². The van der Waals surface area contributed by atoms with E-state index in [9.17, 15) is 17.6 Å². The first kappa shape index (κ1) is 21.7. The van der Waals surface area contributed by atoms with Gasteiger partial charge in [0.25, 0.3) is 10.2 Å². The number of benzene rings is 1. The van der Waals surface area contributed by atoms with Crippen LogP contribution in [0.1, 0.15) is 23.7 Å². The van der Waals surface area contributed by atoms with Crippen LogP contribution in [0.3, 0.4) is 0 Å². The summed E-state index contributed by atoms with van der Waals surface area (Å²) < 4.78 is 44.1. The van der Waals surface area contributed by atoms with E-state index in [0.29, 0.717) is 32.6 Å². The second kappa shape index (κ2) is 8.21. The topological polar surface area (TPSA) is 90.8 Å². The van der Waals surface area contributed by atoms with Crippen molar-refractivity contribution in [3.63, 3.8) is 0 Å². The minimum absolute atomic E-state index is 0.196. The van der Waals surface area contributed by atoms with Gasteiger partial charge in [0, 0.05) is 57.2 Å². The van der Waals surface area contributed by atoms with Crippen LogP contribution in [0.2, 0.25) is 0 Å². The summed E-state index contributed by atoms with van der Waals surface area (Å²) in [5.41, 5.74) is 2.54. The van der Waals surface area contributed by atoms with Crippen LogP contribution in [-0.4, -0.2) is 72.6 Å². The van der Waals surface area contributed by atoms with Crippen molar-refractivity contribution in [2.24, 2.45) is 7.05 Å². The number of likely N-dealkylation sites (N-methyl/N-ethyl adjacent to an activating group) is 1. The summed E-state index contributed by atoms with van der Waals surface area (Å²) in [6, 6.07) is 4.99. The van der Waals surface area contributed by atoms with E-state index in [-0.39, 0.29) is 11.7 Å². The summed E-state index contributed by atoms with van der Waals surface area (Å²) in [5, 5.41) is 4.20. The monoisotopic (exact) mass is 450 g/mol. The number of nitrogens with zero attached hydrogens (tertiary/aromatic N) is 5. The number of nitrogens with one attached hydrogen (secondary N) is 1. The normalized spacial score (nSPS) is 24.4. The van der Waals surface area contributed by atoms with Gasteiger partial charge >= 0.3 is 0 Å². The lowest BCUT2D eigenvalue weighted by atomic mass is 9.99. The van der Waals surface area contributed by atoms with Crippen molar-refractivity contribution in [3.8, 4) is 0 Å². The van der Waals surface area contributed by atoms with E-state index in [0.717, 1.165) is 21.2 Å². The fraction of sp³-hybridized carbons (Fsp3) is 0.500. The lowest BCUT2D eigenvalue weighted by Gasteiger charge is -2.41. The second-order valence-corrected chi connectivity index (χ2v) is 9.80. The Bertz CT molecular complexity index is 1060. The Labute approximate surface area is 181 Å². The standard InChI is InChI=1S/C20H27FN6O3S/c1-14-17(13-22-24(14)2)18-12-19(25(3)31(29,30)23-18)20(28)27-10-8-26(9-11-27)16-6-4-15(21)5-7-16/h4-7,13,18-19,23H,8-12H2,1-3H3/t18-,19+/m1/s1. The molecule has 2 atom stereocenters. The minimum atomic E-state index is -3.80. The molecular formula is C20H27FN6O3S. The van der Waals surface area contributed by atoms with Crippen LogP contribution in [0.5, 0.6) is 0 Å². The molecule has 0 spiro atoms. The van der Waals surface area contributed by atoms with Crippen LogP contribution in [-0.2, 0) is 22.1 Å². The molecule has 2 fully saturated rings. The molecule has 4 rings (SSSR count). The van der Waals surface area contributed by atoms with Crippen LogP contribution in [0.15, 0.2) is 30.5 Å². The largest absolute Gasteiger partial charge is 0.368 e. The maximum absolute atomic E-state index is 13.3. The molecule has 11 heteroatoms. The number of aromatic nitrogens is 2. The average molecular weight is 451 g/mol. The fourth-order valence-electron chi connectivity index (χ4n) is 4.20. The quantitative estimate of drug-likeness (QED) is 0.747. The van der Waals surface area contributed by atoms with Gasteiger partial charge in [-0.15, -0.1) is 0 Å². The van der Waals surface area contributed by atoms with Gasteiger partial charge in [0.2, 0.25) is 5.91 Å². The average Bonchev–Trinajstić information content (AvgIpc) is 3.08. The molecule has 1 amide bonds. The van der Waals surface area contributed by atoms with E-state index >= 15 is 0 Å². The van der Waals surface area contributed by atoms with E-state index in [1.165, 1.54) is 19.2 Å². The number of hydrogen-bond donors (Lipinski definition) is 1. The molecule has 0 bridgehead atoms. The first-order valence-electron chi connectivity index (χ1n) is 10.2. The Morgan fingerprint density at radius 2 is 1.77 bits per heavy atom. The zero-order valence-corrected chi connectivity index (χ0v) is 18.6. The van der Waals surface area contributed by atoms with Gasteiger partial charge in [-0.3, -0.25) is 9.48 Å². The molecule has 0 unspecified atom stereocenters. The summed E-state index contributed by atoms with van der Waals surface area (Å²) in [7, 11) is -0.570. The van der Waals surface area contributed by atoms with E-state index in [1.807, 2.05) is 6.92 Å². The first-order valence-corrected chi connectivity index (χ1v) is 11.6. The van der Waals surface area contributed by atoms with Gasteiger partial charge in [0.15, 0.2) is 0 Å². The van der Waals surface area contributed by atoms with Crippen molar-refractivity contribution in [1.29, 1.82) is 0 Å². The maximum Gasteiger partial charge on any atom is 0.280 e. The third kappa shape index (κ3) is 4.17. The number of hydrogen-bond acceptors (Lipinski definition) is 5. The number of carbonyl (C=O) groups is 1. The van der Waals surface area contributed by atoms with Crippen LogP contribution >= 0.6 is 0 Å². The molecule has 1 aromatic heterocycles. The Kier molecular flexibility index (Phi) is 5.75. The SMILES string of the molecule is Cc1c([C@H]2C[C@@H](C(=O)N3CCN(c4ccc(F)cc4)CC3)N(C)S(=O)(=O)N2)cnn1C. The van der Waals surface area contributed by atoms with E-state index in [4.69, 9.17) is 0 Å². The predicted octanol–water partition coefficient (Wildman–Crippen LogP) is 0.796. The van der Waals surface area contributed by atoms with Gasteiger partial charge < -0.3 is 9.80 Å². The van der Waals surface area contributed by atoms with Gasteiger partial charge in [-0.25, -0.2) is 4.39 Å². The highest BCUT2D eigenvalue weighted by molar-refractivity contribution is 7.87. The number of amides is 1. The predicted molar refractivity (Wildman–Crippen MR) is 114 cm³/mol. The maximum atomic E-state index is 13.3. The summed E-state index contributed by atoms with van der Waals surface area (Å²) in [6.45, 7) is 4.03. The summed E-state index contributed by atoms with van der Waals surface area (Å²) in [5.74, 6) is -0.482. The number of piperazine rings is 1. The Morgan fingerprint density at radius 1 is 1.13 bits per heavy atom. The highest BCUT2D eigenvalue weighted by atomic mass is 32.2. The summed E-state index contributed by atoms with van der Waals surface area (Å²) in [6.07, 6.45) is 1.98. The third-order valence-corrected chi connectivity index (χ3v) is 7.88. The lowest BCUT2D eigenvalue weighted by Crippen LogP contribution is -2.60. The molecule has 2 aliphatic heterocycles. The lowest BCUT2D eigenvalue weighted by molar-refractivity contribution is -0.136. The van der Waals surface area contributed by atoms with E-state index in [1.54, 1.807) is 35.0 Å². The van der Waals surface area contributed by atoms with Crippen LogP contribution in [0.4, 0.5) is 10.1 Å². The molecule has 2 aromatic rings. The Balaban J connectivity index is 1.48. The Hall–Kier alpha value is -2.50. The minimum Gasteiger partial charge on any atom is -0.368 e. The highest BCUT2D eigenvalue weighted by Gasteiger charge is 2.43. The van der Waals surface area contributed by atoms with Gasteiger partial charge in [0.1, 0.15) is 11.9 Å². The van der Waals surface area contributed by atoms with E-state index < -0.39 is 22.3 Å². The molecule has 1 N–H and O–H groups in total. The Morgan fingerprint density at radius 3 is 2.35 bits per heavy atom. The first-order chi connectivity index (χ1) is 14.7. The molecule has 0 aliphatic carbocycles. The van der Waals surface area contributed by atoms with Crippen LogP contribution in [0.25, 0.3) is 0 Å². The van der Waals surface area contributed by atoms with Gasteiger partial charge in [-0.05, 0) is 37.6 Å². The number of carbonyl (C=O) groups excluding carboxylic acids is 1. The molecule has 0 saturated carbocycles. The van der Waals surface area contributed by atoms with Gasteiger partial charge in [-0.2, -0.15) is 22.5 Å². The molecule has 3 heterocycles. The summed E-state index contributed by atoms with van der Waals surface area (Å²) >= 11 is 0. The van der Waals surface area contributed by atoms with Crippen molar-refractivity contribution in [1.82, 2.24) is 23.7 Å². The number of anilines is 1. The van der Waals surface area contributed by atoms with Crippen molar-refractivity contribution in [2.45, 2.75) is 25.4 Å². The second-order valence-electron chi connectivity index (χ2n) is 8.04. The molecule has 1 aromatic carbocycles. The number of aryl methyl sites for hydroxylation is 1. The van der Waals surface area contributed by atoms with Crippen LogP contribution < -0.4 is 9.62 Å². The zero-order chi connectivity index (χ0) is 22.3. The smallest absolute Gasteiger partial charge is 0.280 e. The van der Waals surface area contributed by atoms with Crippen molar-refractivity contribution >= 4 is 21.8 Å². The third-order valence-electron chi connectivity index (χ3n) is 6.28. The van der Waals surface area contributed by atoms with Crippen molar-refractivity contribution < 1.29 is 17.6 Å². The molecule has 9 nitrogen and oxygen atoms in total. The fourth-order valence-corrected chi connectivity index (χ4v) is 5.46. The molecule has 31 heavy (non-hydrogen) atoms.